The molecule has 0 atom stereocenters. The van der Waals surface area contributed by atoms with Crippen LogP contribution in [0.1, 0.15) is 37.0 Å². The first-order valence-electron chi connectivity index (χ1n) is 5.88. The van der Waals surface area contributed by atoms with Crippen LogP contribution in [0.25, 0.3) is 0 Å². The highest BCUT2D eigenvalue weighted by Crippen LogP contribution is 2.22. The molecule has 1 aromatic carbocycles. The van der Waals surface area contributed by atoms with Gasteiger partial charge in [0, 0.05) is 0 Å². The summed E-state index contributed by atoms with van der Waals surface area (Å²) in [5.41, 5.74) is 3.21. The van der Waals surface area contributed by atoms with Crippen molar-refractivity contribution in [1.82, 2.24) is 0 Å². The Bertz CT molecular complexity index is 320. The molecule has 2 nitrogen and oxygen atoms in total. The van der Waals surface area contributed by atoms with Gasteiger partial charge in [0.15, 0.2) is 0 Å². The van der Waals surface area contributed by atoms with Gasteiger partial charge in [-0.05, 0) is 55.0 Å². The predicted molar refractivity (Wildman–Crippen MR) is 66.8 cm³/mol. The summed E-state index contributed by atoms with van der Waals surface area (Å²) >= 11 is 0. The molecule has 0 aliphatic rings. The first kappa shape index (κ1) is 13.0. The van der Waals surface area contributed by atoms with Crippen molar-refractivity contribution in [2.75, 3.05) is 6.61 Å². The topological polar surface area (TPSA) is 29.5 Å². The Kier molecular flexibility index (Phi) is 4.81. The van der Waals surface area contributed by atoms with Crippen molar-refractivity contribution >= 4 is 0 Å². The van der Waals surface area contributed by atoms with Crippen LogP contribution in [0.15, 0.2) is 12.1 Å². The second-order valence-corrected chi connectivity index (χ2v) is 4.72. The van der Waals surface area contributed by atoms with Crippen LogP contribution in [0.3, 0.4) is 0 Å². The molecule has 1 rings (SSSR count). The molecule has 0 amide bonds. The average Bonchev–Trinajstić information content (AvgIpc) is 2.16. The van der Waals surface area contributed by atoms with Crippen molar-refractivity contribution in [1.29, 1.82) is 0 Å². The molecule has 0 radical (unpaired) electrons. The Labute approximate surface area is 98.3 Å². The Morgan fingerprint density at radius 3 is 2.19 bits per heavy atom. The smallest absolute Gasteiger partial charge is 0.119 e. The molecule has 0 unspecified atom stereocenters. The van der Waals surface area contributed by atoms with Gasteiger partial charge in [-0.1, -0.05) is 13.8 Å². The summed E-state index contributed by atoms with van der Waals surface area (Å²) in [5.74, 6) is 1.58. The summed E-state index contributed by atoms with van der Waals surface area (Å²) in [6.45, 7) is 9.25. The molecule has 0 saturated carbocycles. The second kappa shape index (κ2) is 5.90. The van der Waals surface area contributed by atoms with Crippen molar-refractivity contribution in [3.05, 3.63) is 28.8 Å². The highest BCUT2D eigenvalue weighted by atomic mass is 16.5. The van der Waals surface area contributed by atoms with Crippen molar-refractivity contribution in [2.45, 2.75) is 40.7 Å². The quantitative estimate of drug-likeness (QED) is 0.829. The SMILES string of the molecule is Cc1cc(OCCC(C)C)cc(C)c1CO. The maximum absolute atomic E-state index is 9.20. The van der Waals surface area contributed by atoms with E-state index in [4.69, 9.17) is 4.74 Å². The van der Waals surface area contributed by atoms with E-state index >= 15 is 0 Å². The number of ether oxygens (including phenoxy) is 1. The van der Waals surface area contributed by atoms with E-state index in [2.05, 4.69) is 13.8 Å². The van der Waals surface area contributed by atoms with Gasteiger partial charge in [-0.25, -0.2) is 0 Å². The van der Waals surface area contributed by atoms with Crippen LogP contribution >= 0.6 is 0 Å². The van der Waals surface area contributed by atoms with Gasteiger partial charge in [-0.2, -0.15) is 0 Å². The van der Waals surface area contributed by atoms with E-state index in [1.807, 2.05) is 26.0 Å². The van der Waals surface area contributed by atoms with Gasteiger partial charge in [-0.3, -0.25) is 0 Å². The van der Waals surface area contributed by atoms with Crippen molar-refractivity contribution in [3.8, 4) is 5.75 Å². The van der Waals surface area contributed by atoms with Crippen LogP contribution in [-0.2, 0) is 6.61 Å². The molecule has 0 fully saturated rings. The minimum Gasteiger partial charge on any atom is -0.494 e. The molecule has 0 bridgehead atoms. The molecule has 0 aliphatic heterocycles. The van der Waals surface area contributed by atoms with Gasteiger partial charge in [0.1, 0.15) is 5.75 Å². The lowest BCUT2D eigenvalue weighted by Gasteiger charge is -2.12. The molecule has 0 spiro atoms. The molecule has 16 heavy (non-hydrogen) atoms. The summed E-state index contributed by atoms with van der Waals surface area (Å²) < 4.78 is 5.70. The van der Waals surface area contributed by atoms with Gasteiger partial charge in [0.2, 0.25) is 0 Å². The van der Waals surface area contributed by atoms with E-state index in [1.165, 1.54) is 0 Å². The summed E-state index contributed by atoms with van der Waals surface area (Å²) in [5, 5.41) is 9.20. The molecule has 0 aromatic heterocycles. The minimum atomic E-state index is 0.101. The molecule has 0 saturated heterocycles. The third-order valence-electron chi connectivity index (χ3n) is 2.79. The third-order valence-corrected chi connectivity index (χ3v) is 2.79. The fourth-order valence-electron chi connectivity index (χ4n) is 1.70. The number of aliphatic hydroxyl groups excluding tert-OH is 1. The average molecular weight is 222 g/mol. The van der Waals surface area contributed by atoms with Crippen LogP contribution in [0.5, 0.6) is 5.75 Å². The lowest BCUT2D eigenvalue weighted by Crippen LogP contribution is -2.03. The van der Waals surface area contributed by atoms with E-state index in [-0.39, 0.29) is 6.61 Å². The zero-order valence-corrected chi connectivity index (χ0v) is 10.7. The van der Waals surface area contributed by atoms with Crippen molar-refractivity contribution < 1.29 is 9.84 Å². The highest BCUT2D eigenvalue weighted by Gasteiger charge is 2.05. The van der Waals surface area contributed by atoms with E-state index < -0.39 is 0 Å². The van der Waals surface area contributed by atoms with Gasteiger partial charge < -0.3 is 9.84 Å². The summed E-state index contributed by atoms with van der Waals surface area (Å²) in [6.07, 6.45) is 1.07. The van der Waals surface area contributed by atoms with Gasteiger partial charge in [-0.15, -0.1) is 0 Å². The van der Waals surface area contributed by atoms with Crippen LogP contribution < -0.4 is 4.74 Å². The maximum Gasteiger partial charge on any atom is 0.119 e. The maximum atomic E-state index is 9.20. The molecule has 1 aromatic rings. The van der Waals surface area contributed by atoms with Crippen LogP contribution in [0.2, 0.25) is 0 Å². The number of rotatable bonds is 5. The minimum absolute atomic E-state index is 0.101. The normalized spacial score (nSPS) is 10.9. The number of hydrogen-bond acceptors (Lipinski definition) is 2. The number of hydrogen-bond donors (Lipinski definition) is 1. The first-order chi connectivity index (χ1) is 7.54. The first-order valence-corrected chi connectivity index (χ1v) is 5.88. The largest absolute Gasteiger partial charge is 0.494 e. The third kappa shape index (κ3) is 3.53. The molecule has 0 heterocycles. The molecule has 0 aliphatic carbocycles. The van der Waals surface area contributed by atoms with Crippen LogP contribution in [-0.4, -0.2) is 11.7 Å². The standard InChI is InChI=1S/C14H22O2/c1-10(2)5-6-16-13-7-11(3)14(9-15)12(4)8-13/h7-8,10,15H,5-6,9H2,1-4H3. The Morgan fingerprint density at radius 1 is 1.19 bits per heavy atom. The predicted octanol–water partition coefficient (Wildman–Crippen LogP) is 3.22. The Hall–Kier alpha value is -1.02. The van der Waals surface area contributed by atoms with Crippen LogP contribution in [0, 0.1) is 19.8 Å². The molecule has 90 valence electrons. The number of aryl methyl sites for hydroxylation is 2. The zero-order chi connectivity index (χ0) is 12.1. The van der Waals surface area contributed by atoms with E-state index in [9.17, 15) is 5.11 Å². The summed E-state index contributed by atoms with van der Waals surface area (Å²) in [7, 11) is 0. The molecule has 1 N–H and O–H groups in total. The molecular formula is C14H22O2. The van der Waals surface area contributed by atoms with Gasteiger partial charge >= 0.3 is 0 Å². The van der Waals surface area contributed by atoms with E-state index in [0.29, 0.717) is 5.92 Å². The fourth-order valence-corrected chi connectivity index (χ4v) is 1.70. The lowest BCUT2D eigenvalue weighted by atomic mass is 10.0. The number of benzene rings is 1. The van der Waals surface area contributed by atoms with Gasteiger partial charge in [0.05, 0.1) is 13.2 Å². The van der Waals surface area contributed by atoms with Gasteiger partial charge in [0.25, 0.3) is 0 Å². The van der Waals surface area contributed by atoms with Crippen LogP contribution in [0.4, 0.5) is 0 Å². The zero-order valence-electron chi connectivity index (χ0n) is 10.7. The highest BCUT2D eigenvalue weighted by molar-refractivity contribution is 5.40. The Balaban J connectivity index is 2.68. The summed E-state index contributed by atoms with van der Waals surface area (Å²) in [4.78, 5) is 0. The second-order valence-electron chi connectivity index (χ2n) is 4.72. The lowest BCUT2D eigenvalue weighted by molar-refractivity contribution is 0.277. The Morgan fingerprint density at radius 2 is 1.75 bits per heavy atom. The number of aliphatic hydroxyl groups is 1. The molecule has 2 heteroatoms. The molecular weight excluding hydrogens is 200 g/mol. The fraction of sp³-hybridized carbons (Fsp3) is 0.571. The van der Waals surface area contributed by atoms with Crippen molar-refractivity contribution in [2.24, 2.45) is 5.92 Å². The van der Waals surface area contributed by atoms with E-state index in [1.54, 1.807) is 0 Å². The van der Waals surface area contributed by atoms with Crippen molar-refractivity contribution in [3.63, 3.8) is 0 Å². The summed E-state index contributed by atoms with van der Waals surface area (Å²) in [6, 6.07) is 4.00. The van der Waals surface area contributed by atoms with E-state index in [0.717, 1.165) is 35.5 Å². The monoisotopic (exact) mass is 222 g/mol.